The zero-order valence-corrected chi connectivity index (χ0v) is 12.2. The molecule has 0 radical (unpaired) electrons. The SMILES string of the molecule is CN(C)c1cc(C(=O)NCc2nnc3n2CCC3)ccn1. The summed E-state index contributed by atoms with van der Waals surface area (Å²) in [7, 11) is 3.78. The molecule has 0 fully saturated rings. The van der Waals surface area contributed by atoms with Crippen molar-refractivity contribution < 1.29 is 4.79 Å². The molecule has 0 atom stereocenters. The third-order valence-electron chi connectivity index (χ3n) is 3.56. The van der Waals surface area contributed by atoms with Crippen LogP contribution in [0.15, 0.2) is 18.3 Å². The third kappa shape index (κ3) is 2.72. The van der Waals surface area contributed by atoms with Crippen molar-refractivity contribution >= 4 is 11.7 Å². The summed E-state index contributed by atoms with van der Waals surface area (Å²) in [6.07, 6.45) is 3.71. The van der Waals surface area contributed by atoms with Gasteiger partial charge in [0.15, 0.2) is 5.82 Å². The monoisotopic (exact) mass is 286 g/mol. The molecule has 3 rings (SSSR count). The van der Waals surface area contributed by atoms with Crippen molar-refractivity contribution in [3.05, 3.63) is 35.5 Å². The number of aryl methyl sites for hydroxylation is 1. The Labute approximate surface area is 123 Å². The standard InChI is InChI=1S/C14H18N6O/c1-19(2)12-8-10(5-6-15-12)14(21)16-9-13-18-17-11-4-3-7-20(11)13/h5-6,8H,3-4,7,9H2,1-2H3,(H,16,21). The van der Waals surface area contributed by atoms with Gasteiger partial charge in [-0.3, -0.25) is 4.79 Å². The largest absolute Gasteiger partial charge is 0.363 e. The van der Waals surface area contributed by atoms with Gasteiger partial charge >= 0.3 is 0 Å². The number of nitrogens with zero attached hydrogens (tertiary/aromatic N) is 5. The molecule has 2 aromatic rings. The summed E-state index contributed by atoms with van der Waals surface area (Å²) in [5.74, 6) is 2.46. The van der Waals surface area contributed by atoms with E-state index in [0.717, 1.165) is 36.9 Å². The molecule has 0 aromatic carbocycles. The van der Waals surface area contributed by atoms with E-state index in [1.165, 1.54) is 0 Å². The lowest BCUT2D eigenvalue weighted by Crippen LogP contribution is -2.25. The molecular formula is C14H18N6O. The van der Waals surface area contributed by atoms with Gasteiger partial charge in [0.05, 0.1) is 6.54 Å². The van der Waals surface area contributed by atoms with Crippen LogP contribution in [0.1, 0.15) is 28.4 Å². The fourth-order valence-corrected chi connectivity index (χ4v) is 2.41. The first-order valence-electron chi connectivity index (χ1n) is 6.97. The Bertz CT molecular complexity index is 663. The predicted molar refractivity (Wildman–Crippen MR) is 78.1 cm³/mol. The summed E-state index contributed by atoms with van der Waals surface area (Å²) < 4.78 is 2.08. The molecule has 1 aliphatic rings. The van der Waals surface area contributed by atoms with Crippen molar-refractivity contribution in [3.8, 4) is 0 Å². The second kappa shape index (κ2) is 5.51. The van der Waals surface area contributed by atoms with E-state index in [0.29, 0.717) is 12.1 Å². The van der Waals surface area contributed by atoms with E-state index in [1.807, 2.05) is 19.0 Å². The zero-order valence-electron chi connectivity index (χ0n) is 12.2. The Kier molecular flexibility index (Phi) is 3.55. The Balaban J connectivity index is 1.67. The summed E-state index contributed by atoms with van der Waals surface area (Å²) in [6, 6.07) is 3.47. The van der Waals surface area contributed by atoms with Gasteiger partial charge in [-0.25, -0.2) is 4.98 Å². The number of hydrogen-bond donors (Lipinski definition) is 1. The Morgan fingerprint density at radius 3 is 3.10 bits per heavy atom. The number of anilines is 1. The van der Waals surface area contributed by atoms with Crippen molar-refractivity contribution in [1.82, 2.24) is 25.1 Å². The lowest BCUT2D eigenvalue weighted by Gasteiger charge is -2.12. The average molecular weight is 286 g/mol. The number of fused-ring (bicyclic) bond motifs is 1. The molecule has 21 heavy (non-hydrogen) atoms. The predicted octanol–water partition coefficient (Wildman–Crippen LogP) is 0.615. The minimum absolute atomic E-state index is 0.129. The van der Waals surface area contributed by atoms with Crippen LogP contribution >= 0.6 is 0 Å². The summed E-state index contributed by atoms with van der Waals surface area (Å²) >= 11 is 0. The van der Waals surface area contributed by atoms with Crippen LogP contribution in [0.3, 0.4) is 0 Å². The highest BCUT2D eigenvalue weighted by atomic mass is 16.1. The number of aromatic nitrogens is 4. The molecule has 0 saturated carbocycles. The van der Waals surface area contributed by atoms with Gasteiger partial charge in [-0.1, -0.05) is 0 Å². The molecule has 7 nitrogen and oxygen atoms in total. The average Bonchev–Trinajstić information content (AvgIpc) is 3.08. The van der Waals surface area contributed by atoms with E-state index in [2.05, 4.69) is 25.1 Å². The highest BCUT2D eigenvalue weighted by molar-refractivity contribution is 5.94. The maximum atomic E-state index is 12.2. The van der Waals surface area contributed by atoms with Crippen molar-refractivity contribution in [1.29, 1.82) is 0 Å². The maximum absolute atomic E-state index is 12.2. The molecule has 1 amide bonds. The minimum atomic E-state index is -0.129. The molecule has 110 valence electrons. The number of pyridine rings is 1. The highest BCUT2D eigenvalue weighted by Gasteiger charge is 2.17. The molecule has 0 aliphatic carbocycles. The van der Waals surface area contributed by atoms with E-state index >= 15 is 0 Å². The van der Waals surface area contributed by atoms with Gasteiger partial charge in [0, 0.05) is 38.8 Å². The zero-order chi connectivity index (χ0) is 14.8. The van der Waals surface area contributed by atoms with E-state index in [1.54, 1.807) is 18.3 Å². The van der Waals surface area contributed by atoms with Gasteiger partial charge in [-0.2, -0.15) is 0 Å². The first-order valence-corrected chi connectivity index (χ1v) is 6.97. The van der Waals surface area contributed by atoms with Crippen LogP contribution in [-0.2, 0) is 19.5 Å². The number of carbonyl (C=O) groups excluding carboxylic acids is 1. The van der Waals surface area contributed by atoms with Crippen molar-refractivity contribution in [2.75, 3.05) is 19.0 Å². The number of hydrogen-bond acceptors (Lipinski definition) is 5. The molecule has 0 saturated heterocycles. The molecule has 1 N–H and O–H groups in total. The van der Waals surface area contributed by atoms with Crippen LogP contribution in [0.2, 0.25) is 0 Å². The van der Waals surface area contributed by atoms with E-state index in [4.69, 9.17) is 0 Å². The third-order valence-corrected chi connectivity index (χ3v) is 3.56. The quantitative estimate of drug-likeness (QED) is 0.891. The van der Waals surface area contributed by atoms with Crippen molar-refractivity contribution in [2.45, 2.75) is 25.9 Å². The lowest BCUT2D eigenvalue weighted by molar-refractivity contribution is 0.0949. The van der Waals surface area contributed by atoms with Gasteiger partial charge < -0.3 is 14.8 Å². The molecule has 0 unspecified atom stereocenters. The van der Waals surface area contributed by atoms with E-state index in [9.17, 15) is 4.79 Å². The Morgan fingerprint density at radius 2 is 2.29 bits per heavy atom. The fourth-order valence-electron chi connectivity index (χ4n) is 2.41. The van der Waals surface area contributed by atoms with Crippen LogP contribution in [-0.4, -0.2) is 39.8 Å². The van der Waals surface area contributed by atoms with Gasteiger partial charge in [0.1, 0.15) is 11.6 Å². The minimum Gasteiger partial charge on any atom is -0.363 e. The van der Waals surface area contributed by atoms with Crippen LogP contribution in [0.25, 0.3) is 0 Å². The number of rotatable bonds is 4. The molecule has 3 heterocycles. The molecule has 0 spiro atoms. The van der Waals surface area contributed by atoms with Crippen molar-refractivity contribution in [3.63, 3.8) is 0 Å². The van der Waals surface area contributed by atoms with Crippen molar-refractivity contribution in [2.24, 2.45) is 0 Å². The fraction of sp³-hybridized carbons (Fsp3) is 0.429. The highest BCUT2D eigenvalue weighted by Crippen LogP contribution is 2.14. The number of nitrogens with one attached hydrogen (secondary N) is 1. The maximum Gasteiger partial charge on any atom is 0.251 e. The molecule has 0 bridgehead atoms. The van der Waals surface area contributed by atoms with Gasteiger partial charge in [0.25, 0.3) is 5.91 Å². The second-order valence-corrected chi connectivity index (χ2v) is 5.27. The first-order chi connectivity index (χ1) is 10.1. The summed E-state index contributed by atoms with van der Waals surface area (Å²) in [5, 5.41) is 11.1. The topological polar surface area (TPSA) is 75.9 Å². The Hall–Kier alpha value is -2.44. The summed E-state index contributed by atoms with van der Waals surface area (Å²) in [5.41, 5.74) is 0.592. The normalized spacial score (nSPS) is 13.0. The van der Waals surface area contributed by atoms with Crippen LogP contribution in [0, 0.1) is 0 Å². The number of carbonyl (C=O) groups is 1. The molecule has 1 aliphatic heterocycles. The Morgan fingerprint density at radius 1 is 1.43 bits per heavy atom. The van der Waals surface area contributed by atoms with Crippen LogP contribution < -0.4 is 10.2 Å². The van der Waals surface area contributed by atoms with Gasteiger partial charge in [-0.15, -0.1) is 10.2 Å². The van der Waals surface area contributed by atoms with Crippen LogP contribution in [0.5, 0.6) is 0 Å². The van der Waals surface area contributed by atoms with Crippen LogP contribution in [0.4, 0.5) is 5.82 Å². The first kappa shape index (κ1) is 13.5. The lowest BCUT2D eigenvalue weighted by atomic mass is 10.2. The van der Waals surface area contributed by atoms with Gasteiger partial charge in [-0.05, 0) is 18.6 Å². The second-order valence-electron chi connectivity index (χ2n) is 5.27. The smallest absolute Gasteiger partial charge is 0.251 e. The summed E-state index contributed by atoms with van der Waals surface area (Å²) in [4.78, 5) is 18.3. The van der Waals surface area contributed by atoms with Gasteiger partial charge in [0.2, 0.25) is 0 Å². The molecule has 7 heteroatoms. The molecule has 2 aromatic heterocycles. The van der Waals surface area contributed by atoms with E-state index < -0.39 is 0 Å². The molecular weight excluding hydrogens is 268 g/mol. The number of amides is 1. The summed E-state index contributed by atoms with van der Waals surface area (Å²) in [6.45, 7) is 1.33. The van der Waals surface area contributed by atoms with E-state index in [-0.39, 0.29) is 5.91 Å².